The molecule has 2 aromatic carbocycles. The minimum atomic E-state index is -1.20. The molecule has 2 atom stereocenters. The smallest absolute Gasteiger partial charge is 0.322 e. The van der Waals surface area contributed by atoms with Crippen molar-refractivity contribution in [3.05, 3.63) is 57.0 Å². The maximum absolute atomic E-state index is 13.7. The zero-order chi connectivity index (χ0) is 24.3. The van der Waals surface area contributed by atoms with E-state index in [-0.39, 0.29) is 18.2 Å². The van der Waals surface area contributed by atoms with Gasteiger partial charge in [-0.25, -0.2) is 0 Å². The summed E-state index contributed by atoms with van der Waals surface area (Å²) in [6, 6.07) is 9.17. The highest BCUT2D eigenvalue weighted by molar-refractivity contribution is 9.10. The number of aliphatic carboxylic acids is 1. The number of ether oxygens (including phenoxy) is 2. The molecule has 33 heavy (non-hydrogen) atoms. The van der Waals surface area contributed by atoms with E-state index >= 15 is 0 Å². The Morgan fingerprint density at radius 3 is 2.61 bits per heavy atom. The van der Waals surface area contributed by atoms with Crippen molar-refractivity contribution in [2.75, 3.05) is 13.7 Å². The van der Waals surface area contributed by atoms with Crippen LogP contribution in [0.25, 0.3) is 0 Å². The van der Waals surface area contributed by atoms with Crippen LogP contribution in [0.15, 0.2) is 40.9 Å². The second-order valence-electron chi connectivity index (χ2n) is 7.88. The van der Waals surface area contributed by atoms with Crippen LogP contribution in [0.3, 0.4) is 0 Å². The molecule has 0 aromatic heterocycles. The molecule has 176 valence electrons. The number of fused-ring (bicyclic) bond motifs is 1. The molecule has 0 fully saturated rings. The zero-order valence-corrected chi connectivity index (χ0v) is 20.6. The van der Waals surface area contributed by atoms with Gasteiger partial charge in [0.05, 0.1) is 7.11 Å². The van der Waals surface area contributed by atoms with Crippen molar-refractivity contribution in [2.24, 2.45) is 5.92 Å². The Morgan fingerprint density at radius 1 is 1.30 bits per heavy atom. The molecule has 0 bridgehead atoms. The minimum absolute atomic E-state index is 0.0184. The van der Waals surface area contributed by atoms with Crippen molar-refractivity contribution in [3.8, 4) is 11.5 Å². The summed E-state index contributed by atoms with van der Waals surface area (Å²) in [5.74, 6) is -1.92. The number of nitrogens with one attached hydrogen (secondary N) is 1. The van der Waals surface area contributed by atoms with Gasteiger partial charge >= 0.3 is 5.97 Å². The van der Waals surface area contributed by atoms with Gasteiger partial charge in [-0.1, -0.05) is 59.6 Å². The number of benzene rings is 2. The molecule has 0 saturated carbocycles. The molecule has 1 aliphatic rings. The lowest BCUT2D eigenvalue weighted by Crippen LogP contribution is -2.48. The molecule has 2 N–H and O–H groups in total. The lowest BCUT2D eigenvalue weighted by atomic mass is 10.0. The van der Waals surface area contributed by atoms with Crippen molar-refractivity contribution in [2.45, 2.75) is 32.5 Å². The van der Waals surface area contributed by atoms with Gasteiger partial charge in [0.1, 0.15) is 12.6 Å². The Balaban J connectivity index is 2.22. The molecular weight excluding hydrogens is 516 g/mol. The highest BCUT2D eigenvalue weighted by Crippen LogP contribution is 2.44. The van der Waals surface area contributed by atoms with E-state index in [1.807, 2.05) is 13.8 Å². The summed E-state index contributed by atoms with van der Waals surface area (Å²) < 4.78 is 12.2. The van der Waals surface area contributed by atoms with E-state index in [2.05, 4.69) is 21.2 Å². The number of carboxylic acid groups (broad SMARTS) is 1. The lowest BCUT2D eigenvalue weighted by molar-refractivity contribution is -0.147. The van der Waals surface area contributed by atoms with Crippen LogP contribution in [0, 0.1) is 5.92 Å². The van der Waals surface area contributed by atoms with Gasteiger partial charge in [-0.05, 0) is 29.7 Å². The average molecular weight is 540 g/mol. The Bertz CT molecular complexity index is 1080. The van der Waals surface area contributed by atoms with E-state index in [1.165, 1.54) is 12.0 Å². The standard InChI is InChI=1S/C23H24BrClN2O6/c1-12(2)20-23(31)27(11-13-6-4-5-7-16(13)25)19(22(30)26-10-18(28)29)15-8-14(24)9-17(32-3)21(15)33-20/h4-9,12,19-20H,10-11H2,1-3H3,(H,26,30)(H,28,29). The highest BCUT2D eigenvalue weighted by Gasteiger charge is 2.43. The third kappa shape index (κ3) is 5.42. The third-order valence-corrected chi connectivity index (χ3v) is 6.04. The first kappa shape index (κ1) is 24.9. The largest absolute Gasteiger partial charge is 0.493 e. The first-order valence-corrected chi connectivity index (χ1v) is 11.4. The quantitative estimate of drug-likeness (QED) is 0.555. The van der Waals surface area contributed by atoms with Gasteiger partial charge in [-0.3, -0.25) is 14.4 Å². The summed E-state index contributed by atoms with van der Waals surface area (Å²) in [6.07, 6.45) is -0.904. The Kier molecular flexibility index (Phi) is 7.86. The number of methoxy groups -OCH3 is 1. The van der Waals surface area contributed by atoms with Crippen LogP contribution >= 0.6 is 27.5 Å². The SMILES string of the molecule is COc1cc(Br)cc2c1OC(C(C)C)C(=O)N(Cc1ccccc1Cl)C2C(=O)NCC(=O)O. The van der Waals surface area contributed by atoms with Crippen LogP contribution in [0.4, 0.5) is 0 Å². The Morgan fingerprint density at radius 2 is 2.00 bits per heavy atom. The Hall–Kier alpha value is -2.78. The van der Waals surface area contributed by atoms with Crippen LogP contribution in [-0.2, 0) is 20.9 Å². The van der Waals surface area contributed by atoms with Gasteiger partial charge in [-0.15, -0.1) is 0 Å². The monoisotopic (exact) mass is 538 g/mol. The van der Waals surface area contributed by atoms with Gasteiger partial charge < -0.3 is 24.8 Å². The molecule has 0 radical (unpaired) electrons. The number of rotatable bonds is 7. The van der Waals surface area contributed by atoms with E-state index < -0.39 is 36.5 Å². The minimum Gasteiger partial charge on any atom is -0.493 e. The van der Waals surface area contributed by atoms with Gasteiger partial charge in [0.2, 0.25) is 5.91 Å². The van der Waals surface area contributed by atoms with Crippen LogP contribution < -0.4 is 14.8 Å². The van der Waals surface area contributed by atoms with Crippen LogP contribution in [-0.4, -0.2) is 47.5 Å². The summed E-state index contributed by atoms with van der Waals surface area (Å²) >= 11 is 9.78. The van der Waals surface area contributed by atoms with Crippen molar-refractivity contribution in [1.82, 2.24) is 10.2 Å². The van der Waals surface area contributed by atoms with Crippen LogP contribution in [0.2, 0.25) is 5.02 Å². The van der Waals surface area contributed by atoms with E-state index in [0.717, 1.165) is 0 Å². The molecule has 0 spiro atoms. The molecule has 0 aliphatic carbocycles. The van der Waals surface area contributed by atoms with E-state index in [9.17, 15) is 14.4 Å². The molecule has 0 saturated heterocycles. The van der Waals surface area contributed by atoms with Crippen molar-refractivity contribution >= 4 is 45.3 Å². The van der Waals surface area contributed by atoms with Crippen molar-refractivity contribution in [3.63, 3.8) is 0 Å². The molecular formula is C23H24BrClN2O6. The van der Waals surface area contributed by atoms with Crippen LogP contribution in [0.5, 0.6) is 11.5 Å². The van der Waals surface area contributed by atoms with Crippen molar-refractivity contribution < 1.29 is 29.0 Å². The second-order valence-corrected chi connectivity index (χ2v) is 9.20. The number of carboxylic acids is 1. The summed E-state index contributed by atoms with van der Waals surface area (Å²) in [6.45, 7) is 3.10. The molecule has 3 rings (SSSR count). The number of amides is 2. The predicted molar refractivity (Wildman–Crippen MR) is 125 cm³/mol. The second kappa shape index (κ2) is 10.4. The molecule has 8 nitrogen and oxygen atoms in total. The number of hydrogen-bond donors (Lipinski definition) is 2. The van der Waals surface area contributed by atoms with E-state index in [0.29, 0.717) is 26.4 Å². The molecule has 2 amide bonds. The fourth-order valence-electron chi connectivity index (χ4n) is 3.65. The lowest BCUT2D eigenvalue weighted by Gasteiger charge is -2.31. The molecule has 10 heteroatoms. The zero-order valence-electron chi connectivity index (χ0n) is 18.3. The Labute approximate surface area is 204 Å². The number of carbonyl (C=O) groups excluding carboxylic acids is 2. The fourth-order valence-corrected chi connectivity index (χ4v) is 4.30. The van der Waals surface area contributed by atoms with E-state index in [1.54, 1.807) is 36.4 Å². The summed E-state index contributed by atoms with van der Waals surface area (Å²) in [4.78, 5) is 39.5. The maximum Gasteiger partial charge on any atom is 0.322 e. The normalized spacial score (nSPS) is 17.8. The fraction of sp³-hybridized carbons (Fsp3) is 0.348. The summed E-state index contributed by atoms with van der Waals surface area (Å²) in [5, 5.41) is 11.9. The van der Waals surface area contributed by atoms with Gasteiger partial charge in [0.25, 0.3) is 5.91 Å². The van der Waals surface area contributed by atoms with Crippen molar-refractivity contribution in [1.29, 1.82) is 0 Å². The third-order valence-electron chi connectivity index (χ3n) is 5.21. The topological polar surface area (TPSA) is 105 Å². The molecule has 2 aromatic rings. The number of carbonyl (C=O) groups is 3. The van der Waals surface area contributed by atoms with Gasteiger partial charge in [0.15, 0.2) is 17.6 Å². The first-order chi connectivity index (χ1) is 15.6. The summed E-state index contributed by atoms with van der Waals surface area (Å²) in [7, 11) is 1.46. The molecule has 1 heterocycles. The van der Waals surface area contributed by atoms with Gasteiger partial charge in [0, 0.05) is 21.6 Å². The predicted octanol–water partition coefficient (Wildman–Crippen LogP) is 3.80. The maximum atomic E-state index is 13.7. The van der Waals surface area contributed by atoms with Crippen LogP contribution in [0.1, 0.15) is 31.0 Å². The number of nitrogens with zero attached hydrogens (tertiary/aromatic N) is 1. The highest BCUT2D eigenvalue weighted by atomic mass is 79.9. The number of halogens is 2. The summed E-state index contributed by atoms with van der Waals surface area (Å²) in [5.41, 5.74) is 1.00. The number of hydrogen-bond acceptors (Lipinski definition) is 5. The molecule has 2 unspecified atom stereocenters. The molecule has 1 aliphatic heterocycles. The first-order valence-electron chi connectivity index (χ1n) is 10.2. The van der Waals surface area contributed by atoms with E-state index in [4.69, 9.17) is 26.2 Å². The van der Waals surface area contributed by atoms with Gasteiger partial charge in [-0.2, -0.15) is 0 Å². The average Bonchev–Trinajstić information content (AvgIpc) is 2.88.